The van der Waals surface area contributed by atoms with E-state index in [0.717, 1.165) is 81.9 Å². The van der Waals surface area contributed by atoms with Crippen molar-refractivity contribution >= 4 is 39.0 Å². The number of likely N-dealkylation sites (tertiary alicyclic amines) is 2. The Labute approximate surface area is 234 Å². The van der Waals surface area contributed by atoms with E-state index in [0.29, 0.717) is 11.6 Å². The molecule has 1 aromatic carbocycles. The predicted octanol–water partition coefficient (Wildman–Crippen LogP) is 3.35. The number of hydrogen-bond acceptors (Lipinski definition) is 8. The predicted molar refractivity (Wildman–Crippen MR) is 151 cm³/mol. The molecular formula is C26H35ClN8O3S. The SMILES string of the molecule is CS(=O)(=O)Nc1ccc(Cl)cc1C(=O)N1CCCC[C@H]1c1cc2n(n1)C(N1CCCCN1)C=C(N1CCC1)N2. The van der Waals surface area contributed by atoms with E-state index in [9.17, 15) is 13.2 Å². The molecule has 0 radical (unpaired) electrons. The number of amides is 1. The van der Waals surface area contributed by atoms with Crippen molar-refractivity contribution in [3.05, 3.63) is 52.4 Å². The van der Waals surface area contributed by atoms with E-state index < -0.39 is 10.0 Å². The molecule has 0 spiro atoms. The number of nitrogens with zero attached hydrogens (tertiary/aromatic N) is 5. The summed E-state index contributed by atoms with van der Waals surface area (Å²) in [6.07, 6.45) is 9.32. The number of nitrogens with one attached hydrogen (secondary N) is 3. The van der Waals surface area contributed by atoms with Gasteiger partial charge in [-0.25, -0.2) is 18.1 Å². The fraction of sp³-hybridized carbons (Fsp3) is 0.538. The van der Waals surface area contributed by atoms with Crippen LogP contribution in [-0.2, 0) is 10.0 Å². The van der Waals surface area contributed by atoms with Crippen LogP contribution in [0.2, 0.25) is 5.02 Å². The molecule has 5 heterocycles. The van der Waals surface area contributed by atoms with Gasteiger partial charge in [-0.15, -0.1) is 0 Å². The molecule has 13 heteroatoms. The quantitative estimate of drug-likeness (QED) is 0.481. The highest BCUT2D eigenvalue weighted by atomic mass is 35.5. The lowest BCUT2D eigenvalue weighted by molar-refractivity contribution is 0.0592. The van der Waals surface area contributed by atoms with Crippen LogP contribution in [0.25, 0.3) is 0 Å². The number of carbonyl (C=O) groups is 1. The molecule has 0 aliphatic carbocycles. The molecule has 0 bridgehead atoms. The molecule has 3 fully saturated rings. The van der Waals surface area contributed by atoms with Gasteiger partial charge in [0.2, 0.25) is 10.0 Å². The fourth-order valence-electron chi connectivity index (χ4n) is 5.77. The number of piperidine rings is 1. The third-order valence-corrected chi connectivity index (χ3v) is 8.66. The van der Waals surface area contributed by atoms with Crippen molar-refractivity contribution in [3.8, 4) is 0 Å². The Morgan fingerprint density at radius 1 is 1.08 bits per heavy atom. The maximum Gasteiger partial charge on any atom is 0.256 e. The van der Waals surface area contributed by atoms with Gasteiger partial charge in [0.15, 0.2) is 0 Å². The number of carbonyl (C=O) groups excluding carboxylic acids is 1. The van der Waals surface area contributed by atoms with Gasteiger partial charge < -0.3 is 15.1 Å². The molecule has 2 atom stereocenters. The average molecular weight is 575 g/mol. The number of sulfonamides is 1. The largest absolute Gasteiger partial charge is 0.358 e. The third kappa shape index (κ3) is 5.47. The number of fused-ring (bicyclic) bond motifs is 1. The van der Waals surface area contributed by atoms with Gasteiger partial charge in [0.1, 0.15) is 17.8 Å². The second-order valence-corrected chi connectivity index (χ2v) is 12.9. The van der Waals surface area contributed by atoms with Crippen LogP contribution in [0.5, 0.6) is 0 Å². The summed E-state index contributed by atoms with van der Waals surface area (Å²) in [5, 5.41) is 11.3. The Bertz CT molecular complexity index is 1380. The van der Waals surface area contributed by atoms with Crippen LogP contribution in [0.3, 0.4) is 0 Å². The first-order valence-corrected chi connectivity index (χ1v) is 16.0. The molecule has 6 rings (SSSR count). The zero-order valence-corrected chi connectivity index (χ0v) is 23.6. The topological polar surface area (TPSA) is 115 Å². The summed E-state index contributed by atoms with van der Waals surface area (Å²) in [6.45, 7) is 4.50. The summed E-state index contributed by atoms with van der Waals surface area (Å²) in [4.78, 5) is 18.1. The van der Waals surface area contributed by atoms with Gasteiger partial charge in [-0.1, -0.05) is 11.6 Å². The number of aromatic nitrogens is 2. The van der Waals surface area contributed by atoms with Gasteiger partial charge in [-0.05, 0) is 62.8 Å². The van der Waals surface area contributed by atoms with E-state index in [-0.39, 0.29) is 29.4 Å². The summed E-state index contributed by atoms with van der Waals surface area (Å²) >= 11 is 6.25. The van der Waals surface area contributed by atoms with Crippen molar-refractivity contribution in [3.63, 3.8) is 0 Å². The Morgan fingerprint density at radius 2 is 1.90 bits per heavy atom. The minimum absolute atomic E-state index is 0.0721. The lowest BCUT2D eigenvalue weighted by Gasteiger charge is -2.41. The summed E-state index contributed by atoms with van der Waals surface area (Å²) in [6, 6.07) is 6.47. The molecule has 0 saturated carbocycles. The first kappa shape index (κ1) is 26.4. The Morgan fingerprint density at radius 3 is 2.62 bits per heavy atom. The molecule has 3 N–H and O–H groups in total. The van der Waals surface area contributed by atoms with Crippen molar-refractivity contribution < 1.29 is 13.2 Å². The first-order valence-electron chi connectivity index (χ1n) is 13.7. The lowest BCUT2D eigenvalue weighted by atomic mass is 9.98. The van der Waals surface area contributed by atoms with Gasteiger partial charge in [-0.3, -0.25) is 14.9 Å². The van der Waals surface area contributed by atoms with Crippen molar-refractivity contribution in [1.29, 1.82) is 0 Å². The molecule has 4 aliphatic heterocycles. The lowest BCUT2D eigenvalue weighted by Crippen LogP contribution is -2.49. The monoisotopic (exact) mass is 574 g/mol. The van der Waals surface area contributed by atoms with Crippen molar-refractivity contribution in [2.24, 2.45) is 0 Å². The van der Waals surface area contributed by atoms with Gasteiger partial charge in [-0.2, -0.15) is 5.10 Å². The molecule has 3 saturated heterocycles. The van der Waals surface area contributed by atoms with E-state index in [4.69, 9.17) is 16.7 Å². The summed E-state index contributed by atoms with van der Waals surface area (Å²) in [7, 11) is -3.58. The van der Waals surface area contributed by atoms with Crippen LogP contribution in [0.15, 0.2) is 36.2 Å². The highest BCUT2D eigenvalue weighted by Gasteiger charge is 2.36. The van der Waals surface area contributed by atoms with E-state index >= 15 is 0 Å². The molecule has 210 valence electrons. The summed E-state index contributed by atoms with van der Waals surface area (Å²) in [5.41, 5.74) is 4.82. The van der Waals surface area contributed by atoms with E-state index in [1.165, 1.54) is 18.6 Å². The zero-order valence-electron chi connectivity index (χ0n) is 22.1. The minimum Gasteiger partial charge on any atom is -0.358 e. The minimum atomic E-state index is -3.58. The normalized spacial score (nSPS) is 23.9. The highest BCUT2D eigenvalue weighted by Crippen LogP contribution is 2.37. The Balaban J connectivity index is 1.33. The Hall–Kier alpha value is -2.80. The first-order chi connectivity index (χ1) is 18.8. The standard InChI is InChI=1S/C26H35ClN8O3S/c1-39(37,38)31-20-9-8-18(27)15-19(20)26(36)33-13-4-2-7-22(33)21-16-24-29-23(32-11-6-12-32)17-25(35(24)30-21)34-14-5-3-10-28-34/h8-9,15-17,22,25,28-29,31H,2-7,10-14H2,1H3/t22-,25?/m0/s1. The third-order valence-electron chi connectivity index (χ3n) is 7.84. The van der Waals surface area contributed by atoms with Gasteiger partial charge in [0.25, 0.3) is 5.91 Å². The summed E-state index contributed by atoms with van der Waals surface area (Å²) in [5.74, 6) is 1.75. The van der Waals surface area contributed by atoms with Crippen LogP contribution in [-0.4, -0.2) is 77.9 Å². The average Bonchev–Trinajstić information content (AvgIpc) is 3.32. The number of hydrazine groups is 1. The molecular weight excluding hydrogens is 540 g/mol. The molecule has 1 aromatic heterocycles. The molecule has 1 amide bonds. The number of rotatable bonds is 6. The number of anilines is 2. The Kier molecular flexibility index (Phi) is 7.21. The van der Waals surface area contributed by atoms with E-state index in [1.54, 1.807) is 6.07 Å². The highest BCUT2D eigenvalue weighted by molar-refractivity contribution is 7.92. The smallest absolute Gasteiger partial charge is 0.256 e. The van der Waals surface area contributed by atoms with Gasteiger partial charge in [0.05, 0.1) is 29.2 Å². The molecule has 1 unspecified atom stereocenters. The second kappa shape index (κ2) is 10.6. The van der Waals surface area contributed by atoms with Gasteiger partial charge in [0, 0.05) is 43.8 Å². The van der Waals surface area contributed by atoms with Gasteiger partial charge >= 0.3 is 0 Å². The van der Waals surface area contributed by atoms with Crippen LogP contribution in [0, 0.1) is 0 Å². The maximum absolute atomic E-state index is 13.9. The number of halogens is 1. The number of benzene rings is 1. The van der Waals surface area contributed by atoms with Crippen LogP contribution < -0.4 is 15.5 Å². The summed E-state index contributed by atoms with van der Waals surface area (Å²) < 4.78 is 28.5. The molecule has 2 aromatic rings. The maximum atomic E-state index is 13.9. The van der Waals surface area contributed by atoms with Crippen molar-refractivity contribution in [1.82, 2.24) is 30.0 Å². The van der Waals surface area contributed by atoms with Crippen LogP contribution >= 0.6 is 11.6 Å². The fourth-order valence-corrected chi connectivity index (χ4v) is 6.52. The second-order valence-electron chi connectivity index (χ2n) is 10.7. The van der Waals surface area contributed by atoms with E-state index in [1.807, 2.05) is 9.58 Å². The van der Waals surface area contributed by atoms with Crippen molar-refractivity contribution in [2.45, 2.75) is 50.7 Å². The van der Waals surface area contributed by atoms with E-state index in [2.05, 4.69) is 37.5 Å². The molecule has 4 aliphatic rings. The van der Waals surface area contributed by atoms with Crippen molar-refractivity contribution in [2.75, 3.05) is 49.0 Å². The van der Waals surface area contributed by atoms with Crippen LogP contribution in [0.1, 0.15) is 66.8 Å². The zero-order chi connectivity index (χ0) is 27.1. The van der Waals surface area contributed by atoms with Crippen LogP contribution in [0.4, 0.5) is 11.5 Å². The molecule has 11 nitrogen and oxygen atoms in total. The molecule has 39 heavy (non-hydrogen) atoms. The number of hydrogen-bond donors (Lipinski definition) is 3.